The Labute approximate surface area is 130 Å². The molecule has 0 aromatic rings. The van der Waals surface area contributed by atoms with E-state index in [4.69, 9.17) is 4.74 Å². The molecule has 124 valence electrons. The van der Waals surface area contributed by atoms with Crippen molar-refractivity contribution in [1.29, 1.82) is 0 Å². The maximum absolute atomic E-state index is 11.3. The first kappa shape index (κ1) is 20.2. The molecule has 0 aliphatic rings. The number of rotatable bonds is 14. The Bertz CT molecular complexity index is 261. The first-order valence-electron chi connectivity index (χ1n) is 8.72. The second kappa shape index (κ2) is 15.6. The minimum atomic E-state index is -0.935. The zero-order chi connectivity index (χ0) is 15.8. The van der Waals surface area contributed by atoms with Crippen LogP contribution in [0.5, 0.6) is 0 Å². The van der Waals surface area contributed by atoms with Crippen molar-refractivity contribution < 1.29 is 14.6 Å². The Balaban J connectivity index is 3.33. The summed E-state index contributed by atoms with van der Waals surface area (Å²) in [6.07, 6.45) is 15.6. The SMILES string of the molecule is CCCCC/C=C\CCCCCCC(O)C(=O)OCCC. The number of carbonyl (C=O) groups excluding carboxylic acids is 1. The molecule has 1 unspecified atom stereocenters. The van der Waals surface area contributed by atoms with E-state index in [0.29, 0.717) is 13.0 Å². The molecule has 0 heterocycles. The fourth-order valence-electron chi connectivity index (χ4n) is 2.12. The van der Waals surface area contributed by atoms with Crippen molar-refractivity contribution in [1.82, 2.24) is 0 Å². The number of hydrogen-bond acceptors (Lipinski definition) is 3. The van der Waals surface area contributed by atoms with Crippen molar-refractivity contribution in [3.63, 3.8) is 0 Å². The van der Waals surface area contributed by atoms with Crippen molar-refractivity contribution in [3.8, 4) is 0 Å². The summed E-state index contributed by atoms with van der Waals surface area (Å²) in [7, 11) is 0. The Hall–Kier alpha value is -0.830. The van der Waals surface area contributed by atoms with Crippen LogP contribution >= 0.6 is 0 Å². The molecule has 0 radical (unpaired) electrons. The second-order valence-corrected chi connectivity index (χ2v) is 5.64. The molecule has 0 aliphatic carbocycles. The fraction of sp³-hybridized carbons (Fsp3) is 0.833. The van der Waals surface area contributed by atoms with E-state index < -0.39 is 12.1 Å². The predicted molar refractivity (Wildman–Crippen MR) is 88.2 cm³/mol. The largest absolute Gasteiger partial charge is 0.464 e. The van der Waals surface area contributed by atoms with E-state index in [1.54, 1.807) is 0 Å². The fourth-order valence-corrected chi connectivity index (χ4v) is 2.12. The molecule has 0 aromatic heterocycles. The monoisotopic (exact) mass is 298 g/mol. The van der Waals surface area contributed by atoms with Gasteiger partial charge in [-0.1, -0.05) is 58.1 Å². The topological polar surface area (TPSA) is 46.5 Å². The molecule has 0 amide bonds. The zero-order valence-electron chi connectivity index (χ0n) is 14.0. The van der Waals surface area contributed by atoms with Gasteiger partial charge in [0.1, 0.15) is 0 Å². The van der Waals surface area contributed by atoms with Crippen LogP contribution in [0.4, 0.5) is 0 Å². The number of esters is 1. The van der Waals surface area contributed by atoms with Crippen molar-refractivity contribution in [3.05, 3.63) is 12.2 Å². The number of hydrogen-bond donors (Lipinski definition) is 1. The molecule has 0 saturated heterocycles. The van der Waals surface area contributed by atoms with Crippen LogP contribution in [0.25, 0.3) is 0 Å². The van der Waals surface area contributed by atoms with Gasteiger partial charge in [-0.3, -0.25) is 0 Å². The van der Waals surface area contributed by atoms with Crippen molar-refractivity contribution >= 4 is 5.97 Å². The highest BCUT2D eigenvalue weighted by molar-refractivity contribution is 5.74. The molecule has 3 nitrogen and oxygen atoms in total. The molecule has 0 fully saturated rings. The average Bonchev–Trinajstić information content (AvgIpc) is 2.49. The van der Waals surface area contributed by atoms with Gasteiger partial charge < -0.3 is 9.84 Å². The highest BCUT2D eigenvalue weighted by atomic mass is 16.5. The highest BCUT2D eigenvalue weighted by Gasteiger charge is 2.15. The van der Waals surface area contributed by atoms with Gasteiger partial charge in [0.05, 0.1) is 6.61 Å². The van der Waals surface area contributed by atoms with Gasteiger partial charge >= 0.3 is 5.97 Å². The summed E-state index contributed by atoms with van der Waals surface area (Å²) in [6, 6.07) is 0. The zero-order valence-corrected chi connectivity index (χ0v) is 14.0. The molecule has 0 saturated carbocycles. The van der Waals surface area contributed by atoms with Crippen molar-refractivity contribution in [2.24, 2.45) is 0 Å². The van der Waals surface area contributed by atoms with Gasteiger partial charge in [0, 0.05) is 0 Å². The molecule has 0 bridgehead atoms. The summed E-state index contributed by atoms with van der Waals surface area (Å²) in [4.78, 5) is 11.3. The van der Waals surface area contributed by atoms with Gasteiger partial charge in [-0.05, 0) is 38.5 Å². The Kier molecular flexibility index (Phi) is 14.9. The summed E-state index contributed by atoms with van der Waals surface area (Å²) < 4.78 is 4.91. The summed E-state index contributed by atoms with van der Waals surface area (Å²) in [5, 5.41) is 9.60. The lowest BCUT2D eigenvalue weighted by Crippen LogP contribution is -2.23. The van der Waals surface area contributed by atoms with Gasteiger partial charge in [-0.2, -0.15) is 0 Å². The molecule has 0 spiro atoms. The number of ether oxygens (including phenoxy) is 1. The van der Waals surface area contributed by atoms with Crippen molar-refractivity contribution in [2.75, 3.05) is 6.61 Å². The van der Waals surface area contributed by atoms with Crippen LogP contribution in [0.15, 0.2) is 12.2 Å². The molecule has 0 aliphatic heterocycles. The summed E-state index contributed by atoms with van der Waals surface area (Å²) in [5.74, 6) is -0.466. The van der Waals surface area contributed by atoms with Gasteiger partial charge in [0.15, 0.2) is 6.10 Å². The molecule has 0 rings (SSSR count). The summed E-state index contributed by atoms with van der Waals surface area (Å²) in [6.45, 7) is 4.57. The van der Waals surface area contributed by atoms with Gasteiger partial charge in [-0.15, -0.1) is 0 Å². The number of allylic oxidation sites excluding steroid dienone is 2. The normalized spacial score (nSPS) is 12.7. The van der Waals surface area contributed by atoms with Gasteiger partial charge in [0.2, 0.25) is 0 Å². The van der Waals surface area contributed by atoms with Crippen LogP contribution < -0.4 is 0 Å². The molecular weight excluding hydrogens is 264 g/mol. The van der Waals surface area contributed by atoms with E-state index in [0.717, 1.165) is 32.1 Å². The van der Waals surface area contributed by atoms with E-state index in [2.05, 4.69) is 19.1 Å². The second-order valence-electron chi connectivity index (χ2n) is 5.64. The Morgan fingerprint density at radius 3 is 2.19 bits per heavy atom. The third-order valence-electron chi connectivity index (χ3n) is 3.46. The molecule has 3 heteroatoms. The molecule has 21 heavy (non-hydrogen) atoms. The smallest absolute Gasteiger partial charge is 0.334 e. The van der Waals surface area contributed by atoms with E-state index in [9.17, 15) is 9.90 Å². The molecule has 1 atom stereocenters. The minimum absolute atomic E-state index is 0.403. The quantitative estimate of drug-likeness (QED) is 0.285. The molecule has 1 N–H and O–H groups in total. The standard InChI is InChI=1S/C18H34O3/c1-3-5-6-7-8-9-10-11-12-13-14-15-17(19)18(20)21-16-4-2/h8-9,17,19H,3-7,10-16H2,1-2H3/b9-8-. The number of carbonyl (C=O) groups is 1. The number of aliphatic hydroxyl groups excluding tert-OH is 1. The lowest BCUT2D eigenvalue weighted by Gasteiger charge is -2.09. The van der Waals surface area contributed by atoms with Crippen LogP contribution in [-0.4, -0.2) is 23.8 Å². The van der Waals surface area contributed by atoms with Crippen LogP contribution in [0.1, 0.15) is 84.5 Å². The van der Waals surface area contributed by atoms with Gasteiger partial charge in [-0.25, -0.2) is 4.79 Å². The van der Waals surface area contributed by atoms with Crippen LogP contribution in [0.2, 0.25) is 0 Å². The van der Waals surface area contributed by atoms with Gasteiger partial charge in [0.25, 0.3) is 0 Å². The minimum Gasteiger partial charge on any atom is -0.464 e. The molecule has 0 aromatic carbocycles. The average molecular weight is 298 g/mol. The number of aliphatic hydroxyl groups is 1. The van der Waals surface area contributed by atoms with Crippen LogP contribution in [-0.2, 0) is 9.53 Å². The lowest BCUT2D eigenvalue weighted by atomic mass is 10.1. The first-order valence-corrected chi connectivity index (χ1v) is 8.72. The summed E-state index contributed by atoms with van der Waals surface area (Å²) in [5.41, 5.74) is 0. The predicted octanol–water partition coefficient (Wildman–Crippen LogP) is 4.78. The number of unbranched alkanes of at least 4 members (excludes halogenated alkanes) is 7. The lowest BCUT2D eigenvalue weighted by molar-refractivity contribution is -0.153. The first-order chi connectivity index (χ1) is 10.2. The van der Waals surface area contributed by atoms with Crippen molar-refractivity contribution in [2.45, 2.75) is 90.6 Å². The summed E-state index contributed by atoms with van der Waals surface area (Å²) >= 11 is 0. The Morgan fingerprint density at radius 1 is 0.952 bits per heavy atom. The molecular formula is C18H34O3. The Morgan fingerprint density at radius 2 is 1.57 bits per heavy atom. The maximum Gasteiger partial charge on any atom is 0.334 e. The van der Waals surface area contributed by atoms with E-state index in [-0.39, 0.29) is 0 Å². The van der Waals surface area contributed by atoms with Crippen LogP contribution in [0, 0.1) is 0 Å². The van der Waals surface area contributed by atoms with Crippen LogP contribution in [0.3, 0.4) is 0 Å². The van der Waals surface area contributed by atoms with E-state index in [1.807, 2.05) is 6.92 Å². The highest BCUT2D eigenvalue weighted by Crippen LogP contribution is 2.09. The third-order valence-corrected chi connectivity index (χ3v) is 3.46. The maximum atomic E-state index is 11.3. The van der Waals surface area contributed by atoms with E-state index in [1.165, 1.54) is 32.1 Å². The third kappa shape index (κ3) is 13.9. The van der Waals surface area contributed by atoms with E-state index >= 15 is 0 Å².